The van der Waals surface area contributed by atoms with Crippen LogP contribution in [-0.4, -0.2) is 19.7 Å². The first-order valence-corrected chi connectivity index (χ1v) is 6.58. The third-order valence-electron chi connectivity index (χ3n) is 2.59. The fourth-order valence-corrected chi connectivity index (χ4v) is 1.57. The minimum atomic E-state index is 0.735. The largest absolute Gasteiger partial charge is 0.494 e. The molecule has 0 saturated carbocycles. The summed E-state index contributed by atoms with van der Waals surface area (Å²) in [7, 11) is 0. The summed E-state index contributed by atoms with van der Waals surface area (Å²) in [6.07, 6.45) is 2.29. The average Bonchev–Trinajstić information content (AvgIpc) is 2.30. The Balaban J connectivity index is 1.99. The summed E-state index contributed by atoms with van der Waals surface area (Å²) in [5.74, 6) is 1.71. The second-order valence-electron chi connectivity index (χ2n) is 4.97. The Bertz CT molecular complexity index is 292. The van der Waals surface area contributed by atoms with Crippen LogP contribution >= 0.6 is 0 Å². The summed E-state index contributed by atoms with van der Waals surface area (Å²) < 4.78 is 5.66. The van der Waals surface area contributed by atoms with Crippen molar-refractivity contribution < 1.29 is 4.74 Å². The molecule has 0 bridgehead atoms. The number of unbranched alkanes of at least 4 members (excludes halogenated alkanes) is 1. The first-order valence-electron chi connectivity index (χ1n) is 6.58. The van der Waals surface area contributed by atoms with Crippen LogP contribution in [0.15, 0.2) is 24.3 Å². The molecular weight excluding hydrogens is 210 g/mol. The molecule has 0 aliphatic heterocycles. The van der Waals surface area contributed by atoms with Gasteiger partial charge >= 0.3 is 0 Å². The van der Waals surface area contributed by atoms with Gasteiger partial charge in [0.2, 0.25) is 0 Å². The normalized spacial score (nSPS) is 10.8. The van der Waals surface area contributed by atoms with Crippen LogP contribution in [0.3, 0.4) is 0 Å². The molecule has 1 N–H and O–H groups in total. The van der Waals surface area contributed by atoms with Crippen molar-refractivity contribution in [1.29, 1.82) is 0 Å². The molecule has 0 aliphatic carbocycles. The lowest BCUT2D eigenvalue weighted by Gasteiger charge is -2.08. The molecule has 17 heavy (non-hydrogen) atoms. The lowest BCUT2D eigenvalue weighted by atomic mass is 10.2. The van der Waals surface area contributed by atoms with Gasteiger partial charge in [-0.15, -0.1) is 0 Å². The summed E-state index contributed by atoms with van der Waals surface area (Å²) in [5, 5.41) is 3.44. The van der Waals surface area contributed by atoms with E-state index in [4.69, 9.17) is 4.74 Å². The monoisotopic (exact) mass is 235 g/mol. The minimum absolute atomic E-state index is 0.735. The zero-order valence-corrected chi connectivity index (χ0v) is 11.3. The molecule has 0 spiro atoms. The van der Waals surface area contributed by atoms with E-state index in [1.54, 1.807) is 0 Å². The molecule has 2 nitrogen and oxygen atoms in total. The van der Waals surface area contributed by atoms with Gasteiger partial charge < -0.3 is 10.1 Å². The van der Waals surface area contributed by atoms with Gasteiger partial charge in [-0.3, -0.25) is 0 Å². The highest BCUT2D eigenvalue weighted by Crippen LogP contribution is 2.11. The third kappa shape index (κ3) is 7.01. The van der Waals surface area contributed by atoms with Gasteiger partial charge in [-0.25, -0.2) is 0 Å². The first kappa shape index (κ1) is 14.0. The van der Waals surface area contributed by atoms with Gasteiger partial charge in [-0.1, -0.05) is 31.5 Å². The van der Waals surface area contributed by atoms with Crippen molar-refractivity contribution in [2.75, 3.05) is 19.7 Å². The Morgan fingerprint density at radius 3 is 2.47 bits per heavy atom. The molecule has 0 aromatic heterocycles. The number of nitrogens with one attached hydrogen (secondary N) is 1. The van der Waals surface area contributed by atoms with Crippen molar-refractivity contribution in [1.82, 2.24) is 5.32 Å². The van der Waals surface area contributed by atoms with Crippen molar-refractivity contribution in [2.45, 2.75) is 33.6 Å². The zero-order valence-electron chi connectivity index (χ0n) is 11.3. The van der Waals surface area contributed by atoms with Gasteiger partial charge in [0, 0.05) is 0 Å². The lowest BCUT2D eigenvalue weighted by molar-refractivity contribution is 0.305. The number of ether oxygens (including phenoxy) is 1. The first-order chi connectivity index (χ1) is 8.18. The molecule has 0 fully saturated rings. The molecule has 0 aliphatic rings. The summed E-state index contributed by atoms with van der Waals surface area (Å²) >= 11 is 0. The Morgan fingerprint density at radius 2 is 1.82 bits per heavy atom. The number of hydrogen-bond donors (Lipinski definition) is 1. The maximum Gasteiger partial charge on any atom is 0.119 e. The average molecular weight is 235 g/mol. The van der Waals surface area contributed by atoms with Gasteiger partial charge in [0.25, 0.3) is 0 Å². The van der Waals surface area contributed by atoms with Crippen LogP contribution in [0.5, 0.6) is 5.75 Å². The molecule has 96 valence electrons. The zero-order chi connectivity index (χ0) is 12.5. The van der Waals surface area contributed by atoms with E-state index >= 15 is 0 Å². The van der Waals surface area contributed by atoms with E-state index < -0.39 is 0 Å². The second kappa shape index (κ2) is 8.13. The van der Waals surface area contributed by atoms with E-state index in [1.165, 1.54) is 12.0 Å². The molecule has 1 rings (SSSR count). The maximum absolute atomic E-state index is 5.66. The predicted molar refractivity (Wildman–Crippen MR) is 73.6 cm³/mol. The maximum atomic E-state index is 5.66. The SMILES string of the molecule is Cc1ccc(OCCCCNCC(C)C)cc1. The fraction of sp³-hybridized carbons (Fsp3) is 0.600. The Kier molecular flexibility index (Phi) is 6.71. The van der Waals surface area contributed by atoms with Crippen LogP contribution < -0.4 is 10.1 Å². The minimum Gasteiger partial charge on any atom is -0.494 e. The highest BCUT2D eigenvalue weighted by atomic mass is 16.5. The smallest absolute Gasteiger partial charge is 0.119 e. The van der Waals surface area contributed by atoms with Gasteiger partial charge in [0.1, 0.15) is 5.75 Å². The molecule has 0 amide bonds. The summed E-state index contributed by atoms with van der Waals surface area (Å²) in [4.78, 5) is 0. The van der Waals surface area contributed by atoms with Crippen LogP contribution in [-0.2, 0) is 0 Å². The van der Waals surface area contributed by atoms with Crippen LogP contribution in [0.25, 0.3) is 0 Å². The third-order valence-corrected chi connectivity index (χ3v) is 2.59. The molecule has 2 heteroatoms. The molecule has 0 saturated heterocycles. The van der Waals surface area contributed by atoms with E-state index in [9.17, 15) is 0 Å². The number of hydrogen-bond acceptors (Lipinski definition) is 2. The van der Waals surface area contributed by atoms with E-state index in [0.29, 0.717) is 0 Å². The Hall–Kier alpha value is -1.02. The van der Waals surface area contributed by atoms with Crippen LogP contribution in [0.1, 0.15) is 32.3 Å². The highest BCUT2D eigenvalue weighted by Gasteiger charge is 1.95. The Labute approximate surface area is 105 Å². The topological polar surface area (TPSA) is 21.3 Å². The van der Waals surface area contributed by atoms with Crippen molar-refractivity contribution in [3.8, 4) is 5.75 Å². The summed E-state index contributed by atoms with van der Waals surface area (Å²) in [5.41, 5.74) is 1.27. The van der Waals surface area contributed by atoms with Crippen LogP contribution in [0.2, 0.25) is 0 Å². The summed E-state index contributed by atoms with van der Waals surface area (Å²) in [6.45, 7) is 9.56. The molecule has 0 unspecified atom stereocenters. The summed E-state index contributed by atoms with van der Waals surface area (Å²) in [6, 6.07) is 8.23. The van der Waals surface area contributed by atoms with E-state index in [2.05, 4.69) is 38.2 Å². The number of aryl methyl sites for hydroxylation is 1. The van der Waals surface area contributed by atoms with E-state index in [1.807, 2.05) is 12.1 Å². The number of benzene rings is 1. The van der Waals surface area contributed by atoms with Crippen LogP contribution in [0.4, 0.5) is 0 Å². The highest BCUT2D eigenvalue weighted by molar-refractivity contribution is 5.26. The molecule has 1 aromatic rings. The molecule has 0 radical (unpaired) electrons. The number of rotatable bonds is 8. The van der Waals surface area contributed by atoms with Crippen molar-refractivity contribution >= 4 is 0 Å². The fourth-order valence-electron chi connectivity index (χ4n) is 1.57. The van der Waals surface area contributed by atoms with Gasteiger partial charge in [-0.2, -0.15) is 0 Å². The van der Waals surface area contributed by atoms with Gasteiger partial charge in [-0.05, 0) is 50.9 Å². The van der Waals surface area contributed by atoms with Crippen molar-refractivity contribution in [3.05, 3.63) is 29.8 Å². The molecule has 0 atom stereocenters. The van der Waals surface area contributed by atoms with Crippen LogP contribution in [0, 0.1) is 12.8 Å². The van der Waals surface area contributed by atoms with Crippen molar-refractivity contribution in [3.63, 3.8) is 0 Å². The quantitative estimate of drug-likeness (QED) is 0.697. The molecule has 1 aromatic carbocycles. The van der Waals surface area contributed by atoms with E-state index in [0.717, 1.165) is 37.8 Å². The Morgan fingerprint density at radius 1 is 1.12 bits per heavy atom. The molecular formula is C15H25NO. The van der Waals surface area contributed by atoms with Crippen molar-refractivity contribution in [2.24, 2.45) is 5.92 Å². The van der Waals surface area contributed by atoms with Gasteiger partial charge in [0.05, 0.1) is 6.61 Å². The standard InChI is InChI=1S/C15H25NO/c1-13(2)12-16-10-4-5-11-17-15-8-6-14(3)7-9-15/h6-9,13,16H,4-5,10-12H2,1-3H3. The lowest BCUT2D eigenvalue weighted by Crippen LogP contribution is -2.21. The van der Waals surface area contributed by atoms with E-state index in [-0.39, 0.29) is 0 Å². The predicted octanol–water partition coefficient (Wildman–Crippen LogP) is 3.40. The second-order valence-corrected chi connectivity index (χ2v) is 4.97. The molecule has 0 heterocycles. The van der Waals surface area contributed by atoms with Gasteiger partial charge in [0.15, 0.2) is 0 Å².